The molecule has 0 saturated carbocycles. The third-order valence-electron chi connectivity index (χ3n) is 7.46. The van der Waals surface area contributed by atoms with Crippen LogP contribution in [-0.2, 0) is 29.0 Å². The van der Waals surface area contributed by atoms with Crippen LogP contribution in [-0.4, -0.2) is 35.4 Å². The van der Waals surface area contributed by atoms with Crippen LogP contribution in [0.1, 0.15) is 49.2 Å². The van der Waals surface area contributed by atoms with Crippen LogP contribution in [0.15, 0.2) is 70.6 Å². The zero-order valence-electron chi connectivity index (χ0n) is 23.9. The minimum absolute atomic E-state index is 0.0390. The highest BCUT2D eigenvalue weighted by atomic mass is 19.1. The van der Waals surface area contributed by atoms with Gasteiger partial charge < -0.3 is 14.9 Å². The maximum absolute atomic E-state index is 15.7. The van der Waals surface area contributed by atoms with Gasteiger partial charge in [0.2, 0.25) is 0 Å². The summed E-state index contributed by atoms with van der Waals surface area (Å²) in [5.74, 6) is 1.50. The summed E-state index contributed by atoms with van der Waals surface area (Å²) in [4.78, 5) is 34.1. The van der Waals surface area contributed by atoms with E-state index in [0.29, 0.717) is 52.6 Å². The molecular formula is C33H33FN4O4. The summed E-state index contributed by atoms with van der Waals surface area (Å²) < 4.78 is 23.0. The Bertz CT molecular complexity index is 1710. The molecule has 4 aromatic rings. The Kier molecular flexibility index (Phi) is 8.76. The van der Waals surface area contributed by atoms with Crippen LogP contribution in [0.4, 0.5) is 10.2 Å². The molecule has 0 atom stereocenters. The Labute approximate surface area is 243 Å². The number of benzene rings is 3. The molecular weight excluding hydrogens is 535 g/mol. The van der Waals surface area contributed by atoms with Gasteiger partial charge in [-0.3, -0.25) is 14.2 Å². The summed E-state index contributed by atoms with van der Waals surface area (Å²) in [6, 6.07) is 18.1. The first-order valence-corrected chi connectivity index (χ1v) is 14.0. The lowest BCUT2D eigenvalue weighted by Crippen LogP contribution is -2.29. The molecule has 0 aliphatic carbocycles. The van der Waals surface area contributed by atoms with E-state index in [4.69, 9.17) is 9.72 Å². The lowest BCUT2D eigenvalue weighted by atomic mass is 9.96. The molecule has 0 spiro atoms. The topological polar surface area (TPSA) is 94.8 Å². The second kappa shape index (κ2) is 12.8. The first-order chi connectivity index (χ1) is 20.4. The smallest absolute Gasteiger partial charge is 0.323 e. The summed E-state index contributed by atoms with van der Waals surface area (Å²) >= 11 is 0. The zero-order chi connectivity index (χ0) is 29.6. The van der Waals surface area contributed by atoms with Crippen molar-refractivity contribution in [3.05, 3.63) is 99.3 Å². The molecule has 1 aliphatic rings. The van der Waals surface area contributed by atoms with Gasteiger partial charge in [0, 0.05) is 31.0 Å². The summed E-state index contributed by atoms with van der Waals surface area (Å²) in [6.07, 6.45) is 3.15. The highest BCUT2D eigenvalue weighted by Gasteiger charge is 2.21. The molecule has 42 heavy (non-hydrogen) atoms. The van der Waals surface area contributed by atoms with Gasteiger partial charge in [-0.15, -0.1) is 0 Å². The average molecular weight is 569 g/mol. The van der Waals surface area contributed by atoms with Crippen LogP contribution in [0.3, 0.4) is 0 Å². The fourth-order valence-electron chi connectivity index (χ4n) is 5.28. The van der Waals surface area contributed by atoms with Gasteiger partial charge in [0.1, 0.15) is 23.2 Å². The number of aromatic nitrogens is 2. The van der Waals surface area contributed by atoms with Crippen molar-refractivity contribution in [3.8, 4) is 28.0 Å². The standard InChI is InChI=1S/C33H33FN4O4/c1-4-5-10-30-36-32(35-3)31(24-13-14-29-23(17-24)15-16-41-29)33(40)38(30)19-25-12-11-22(18-28(25)34)27-9-7-6-8-26(27)21(2)37-42-20-39/h6-9,11-14,17-18,20,35H,4-5,10,15-16,19H2,1-3H3/b37-21+. The molecule has 8 nitrogen and oxygen atoms in total. The second-order valence-corrected chi connectivity index (χ2v) is 10.1. The van der Waals surface area contributed by atoms with E-state index in [9.17, 15) is 9.59 Å². The number of anilines is 1. The Morgan fingerprint density at radius 1 is 1.17 bits per heavy atom. The predicted molar refractivity (Wildman–Crippen MR) is 162 cm³/mol. The number of aryl methyl sites for hydroxylation is 1. The normalized spacial score (nSPS) is 12.5. The Balaban J connectivity index is 1.56. The third kappa shape index (κ3) is 5.81. The number of ether oxygens (including phenoxy) is 1. The van der Waals surface area contributed by atoms with Crippen molar-refractivity contribution in [2.75, 3.05) is 19.0 Å². The fourth-order valence-corrected chi connectivity index (χ4v) is 5.28. The Morgan fingerprint density at radius 3 is 2.74 bits per heavy atom. The van der Waals surface area contributed by atoms with Crippen molar-refractivity contribution in [3.63, 3.8) is 0 Å². The molecule has 1 N–H and O–H groups in total. The molecule has 1 aromatic heterocycles. The monoisotopic (exact) mass is 568 g/mol. The van der Waals surface area contributed by atoms with Gasteiger partial charge >= 0.3 is 6.47 Å². The van der Waals surface area contributed by atoms with E-state index >= 15 is 4.39 Å². The van der Waals surface area contributed by atoms with Crippen molar-refractivity contribution in [2.45, 2.75) is 46.1 Å². The largest absolute Gasteiger partial charge is 0.493 e. The molecule has 0 fully saturated rings. The fraction of sp³-hybridized carbons (Fsp3) is 0.273. The number of carbonyl (C=O) groups excluding carboxylic acids is 1. The number of halogens is 1. The van der Waals surface area contributed by atoms with E-state index in [1.54, 1.807) is 24.6 Å². The number of nitrogens with zero attached hydrogens (tertiary/aromatic N) is 3. The van der Waals surface area contributed by atoms with Crippen LogP contribution in [0.25, 0.3) is 22.3 Å². The highest BCUT2D eigenvalue weighted by Crippen LogP contribution is 2.32. The van der Waals surface area contributed by atoms with Gasteiger partial charge in [0.15, 0.2) is 0 Å². The van der Waals surface area contributed by atoms with Gasteiger partial charge in [0.05, 0.1) is 24.4 Å². The minimum Gasteiger partial charge on any atom is -0.493 e. The second-order valence-electron chi connectivity index (χ2n) is 10.1. The number of hydrogen-bond acceptors (Lipinski definition) is 7. The number of hydrogen-bond donors (Lipinski definition) is 1. The molecule has 0 unspecified atom stereocenters. The van der Waals surface area contributed by atoms with Crippen LogP contribution in [0, 0.1) is 5.82 Å². The first-order valence-electron chi connectivity index (χ1n) is 14.0. The number of fused-ring (bicyclic) bond motifs is 1. The zero-order valence-corrected chi connectivity index (χ0v) is 23.9. The predicted octanol–water partition coefficient (Wildman–Crippen LogP) is 5.98. The number of carbonyl (C=O) groups is 1. The molecule has 0 bridgehead atoms. The Morgan fingerprint density at radius 2 is 1.98 bits per heavy atom. The molecule has 3 aromatic carbocycles. The van der Waals surface area contributed by atoms with Crippen molar-refractivity contribution < 1.29 is 18.8 Å². The molecule has 2 heterocycles. The first kappa shape index (κ1) is 28.7. The maximum Gasteiger partial charge on any atom is 0.323 e. The number of nitrogens with one attached hydrogen (secondary N) is 1. The molecule has 216 valence electrons. The van der Waals surface area contributed by atoms with Crippen molar-refractivity contribution >= 4 is 18.0 Å². The lowest BCUT2D eigenvalue weighted by molar-refractivity contribution is -0.128. The summed E-state index contributed by atoms with van der Waals surface area (Å²) in [5, 5.41) is 6.91. The molecule has 1 aliphatic heterocycles. The van der Waals surface area contributed by atoms with Gasteiger partial charge in [-0.2, -0.15) is 0 Å². The van der Waals surface area contributed by atoms with Crippen molar-refractivity contribution in [1.29, 1.82) is 0 Å². The average Bonchev–Trinajstić information content (AvgIpc) is 3.48. The SMILES string of the molecule is CCCCc1nc(NC)c(-c2ccc3c(c2)CCO3)c(=O)n1Cc1ccc(-c2ccccc2/C(C)=N/OC=O)cc1F. The maximum atomic E-state index is 15.7. The van der Waals surface area contributed by atoms with Gasteiger partial charge in [0.25, 0.3) is 5.56 Å². The quantitative estimate of drug-likeness (QED) is 0.104. The van der Waals surface area contributed by atoms with E-state index in [-0.39, 0.29) is 18.6 Å². The van der Waals surface area contributed by atoms with E-state index in [2.05, 4.69) is 22.2 Å². The van der Waals surface area contributed by atoms with Crippen LogP contribution < -0.4 is 15.6 Å². The van der Waals surface area contributed by atoms with Crippen LogP contribution >= 0.6 is 0 Å². The number of oxime groups is 1. The Hall–Kier alpha value is -4.79. The van der Waals surface area contributed by atoms with Crippen LogP contribution in [0.5, 0.6) is 5.75 Å². The van der Waals surface area contributed by atoms with Crippen LogP contribution in [0.2, 0.25) is 0 Å². The van der Waals surface area contributed by atoms with E-state index in [1.165, 1.54) is 6.07 Å². The molecule has 0 radical (unpaired) electrons. The highest BCUT2D eigenvalue weighted by molar-refractivity contribution is 6.04. The van der Waals surface area contributed by atoms with Gasteiger partial charge in [-0.25, -0.2) is 9.37 Å². The minimum atomic E-state index is -0.441. The van der Waals surface area contributed by atoms with E-state index in [1.807, 2.05) is 48.5 Å². The van der Waals surface area contributed by atoms with Gasteiger partial charge in [-0.05, 0) is 53.8 Å². The van der Waals surface area contributed by atoms with Gasteiger partial charge in [-0.1, -0.05) is 61.0 Å². The molecule has 0 saturated heterocycles. The van der Waals surface area contributed by atoms with E-state index in [0.717, 1.165) is 41.7 Å². The molecule has 5 rings (SSSR count). The number of rotatable bonds is 11. The molecule has 0 amide bonds. The third-order valence-corrected chi connectivity index (χ3v) is 7.46. The number of unbranched alkanes of at least 4 members (excludes halogenated alkanes) is 1. The van der Waals surface area contributed by atoms with E-state index < -0.39 is 5.82 Å². The molecule has 9 heteroatoms. The summed E-state index contributed by atoms with van der Waals surface area (Å²) in [5.41, 5.74) is 4.96. The van der Waals surface area contributed by atoms with Crippen molar-refractivity contribution in [2.24, 2.45) is 5.16 Å². The summed E-state index contributed by atoms with van der Waals surface area (Å²) in [7, 11) is 1.75. The lowest BCUT2D eigenvalue weighted by Gasteiger charge is -2.18. The summed E-state index contributed by atoms with van der Waals surface area (Å²) in [6.45, 7) is 4.70. The van der Waals surface area contributed by atoms with Crippen molar-refractivity contribution in [1.82, 2.24) is 9.55 Å².